The van der Waals surface area contributed by atoms with Crippen LogP contribution in [0.5, 0.6) is 0 Å². The zero-order chi connectivity index (χ0) is 14.0. The number of halogens is 1. The molecule has 2 rings (SSSR count). The van der Waals surface area contributed by atoms with Crippen molar-refractivity contribution in [2.24, 2.45) is 7.05 Å². The van der Waals surface area contributed by atoms with Crippen LogP contribution >= 0.6 is 0 Å². The molecule has 1 aromatic carbocycles. The van der Waals surface area contributed by atoms with Crippen molar-refractivity contribution in [3.05, 3.63) is 41.6 Å². The van der Waals surface area contributed by atoms with Crippen LogP contribution in [0.4, 0.5) is 4.39 Å². The summed E-state index contributed by atoms with van der Waals surface area (Å²) >= 11 is 0. The maximum absolute atomic E-state index is 13.2. The van der Waals surface area contributed by atoms with Crippen molar-refractivity contribution in [3.63, 3.8) is 0 Å². The van der Waals surface area contributed by atoms with Crippen LogP contribution in [-0.2, 0) is 18.3 Å². The number of hydrogen-bond acceptors (Lipinski definition) is 2. The Morgan fingerprint density at radius 3 is 2.84 bits per heavy atom. The summed E-state index contributed by atoms with van der Waals surface area (Å²) in [6.07, 6.45) is 2.25. The molecular weight excluding hydrogens is 247 g/mol. The predicted octanol–water partition coefficient (Wildman–Crippen LogP) is 2.55. The molecule has 0 aliphatic rings. The largest absolute Gasteiger partial charge is 0.481 e. The standard InChI is InChI=1S/C14H15FN2O2/c1-9-7-10(3-4-11(9)15)12-8-17(2)13(16-12)5-6-14(18)19/h3-4,7-8H,5-6H2,1-2H3,(H,18,19). The van der Waals surface area contributed by atoms with Gasteiger partial charge >= 0.3 is 5.97 Å². The smallest absolute Gasteiger partial charge is 0.303 e. The minimum absolute atomic E-state index is 0.0484. The number of rotatable bonds is 4. The molecular formula is C14H15FN2O2. The Morgan fingerprint density at radius 2 is 2.21 bits per heavy atom. The summed E-state index contributed by atoms with van der Waals surface area (Å²) in [5.74, 6) is -0.382. The van der Waals surface area contributed by atoms with Crippen LogP contribution in [0.2, 0.25) is 0 Å². The predicted molar refractivity (Wildman–Crippen MR) is 69.3 cm³/mol. The van der Waals surface area contributed by atoms with Gasteiger partial charge in [-0.1, -0.05) is 0 Å². The van der Waals surface area contributed by atoms with Gasteiger partial charge in [-0.05, 0) is 30.7 Å². The first-order valence-corrected chi connectivity index (χ1v) is 5.98. The third-order valence-corrected chi connectivity index (χ3v) is 2.99. The van der Waals surface area contributed by atoms with Gasteiger partial charge in [-0.2, -0.15) is 0 Å². The van der Waals surface area contributed by atoms with Crippen molar-refractivity contribution in [2.75, 3.05) is 0 Å². The number of nitrogens with zero attached hydrogens (tertiary/aromatic N) is 2. The van der Waals surface area contributed by atoms with E-state index in [1.54, 1.807) is 23.6 Å². The third kappa shape index (κ3) is 2.99. The molecule has 2 aromatic rings. The second-order valence-corrected chi connectivity index (χ2v) is 4.51. The van der Waals surface area contributed by atoms with E-state index in [1.165, 1.54) is 6.07 Å². The molecule has 4 nitrogen and oxygen atoms in total. The molecule has 0 saturated carbocycles. The number of imidazole rings is 1. The first kappa shape index (κ1) is 13.3. The Bertz CT molecular complexity index is 620. The summed E-state index contributed by atoms with van der Waals surface area (Å²) in [4.78, 5) is 15.0. The zero-order valence-corrected chi connectivity index (χ0v) is 10.9. The summed E-state index contributed by atoms with van der Waals surface area (Å²) in [6, 6.07) is 4.82. The van der Waals surface area contributed by atoms with Crippen molar-refractivity contribution >= 4 is 5.97 Å². The van der Waals surface area contributed by atoms with Crippen LogP contribution < -0.4 is 0 Å². The molecule has 0 atom stereocenters. The van der Waals surface area contributed by atoms with Crippen LogP contribution in [-0.4, -0.2) is 20.6 Å². The van der Waals surface area contributed by atoms with E-state index in [0.717, 1.165) is 11.3 Å². The molecule has 0 fully saturated rings. The zero-order valence-electron chi connectivity index (χ0n) is 10.9. The Morgan fingerprint density at radius 1 is 1.47 bits per heavy atom. The van der Waals surface area contributed by atoms with Crippen LogP contribution in [0.25, 0.3) is 11.3 Å². The van der Waals surface area contributed by atoms with Gasteiger partial charge < -0.3 is 9.67 Å². The Labute approximate surface area is 110 Å². The summed E-state index contributed by atoms with van der Waals surface area (Å²) in [5.41, 5.74) is 2.12. The van der Waals surface area contributed by atoms with E-state index in [1.807, 2.05) is 13.2 Å². The van der Waals surface area contributed by atoms with E-state index in [4.69, 9.17) is 5.11 Å². The summed E-state index contributed by atoms with van der Waals surface area (Å²) in [6.45, 7) is 1.70. The fourth-order valence-electron chi connectivity index (χ4n) is 1.90. The first-order valence-electron chi connectivity index (χ1n) is 5.98. The molecule has 0 radical (unpaired) electrons. The number of aromatic nitrogens is 2. The topological polar surface area (TPSA) is 55.1 Å². The van der Waals surface area contributed by atoms with Crippen molar-refractivity contribution in [2.45, 2.75) is 19.8 Å². The number of carboxylic acid groups (broad SMARTS) is 1. The highest BCUT2D eigenvalue weighted by atomic mass is 19.1. The third-order valence-electron chi connectivity index (χ3n) is 2.99. The second-order valence-electron chi connectivity index (χ2n) is 4.51. The minimum atomic E-state index is -0.845. The Balaban J connectivity index is 2.28. The minimum Gasteiger partial charge on any atom is -0.481 e. The monoisotopic (exact) mass is 262 g/mol. The van der Waals surface area contributed by atoms with Crippen LogP contribution in [0, 0.1) is 12.7 Å². The van der Waals surface area contributed by atoms with Gasteiger partial charge in [0.15, 0.2) is 0 Å². The van der Waals surface area contributed by atoms with Gasteiger partial charge in [0, 0.05) is 25.2 Å². The molecule has 1 N–H and O–H groups in total. The van der Waals surface area contributed by atoms with Gasteiger partial charge in [0.1, 0.15) is 11.6 Å². The molecule has 1 aromatic heterocycles. The van der Waals surface area contributed by atoms with Crippen molar-refractivity contribution in [1.29, 1.82) is 0 Å². The summed E-state index contributed by atoms with van der Waals surface area (Å²) < 4.78 is 15.0. The molecule has 0 aliphatic heterocycles. The Kier molecular flexibility index (Phi) is 3.64. The van der Waals surface area contributed by atoms with Crippen LogP contribution in [0.15, 0.2) is 24.4 Å². The molecule has 0 saturated heterocycles. The van der Waals surface area contributed by atoms with Gasteiger partial charge in [0.25, 0.3) is 0 Å². The molecule has 1 heterocycles. The molecule has 100 valence electrons. The van der Waals surface area contributed by atoms with Gasteiger partial charge in [0.2, 0.25) is 0 Å². The fraction of sp³-hybridized carbons (Fsp3) is 0.286. The molecule has 0 amide bonds. The fourth-order valence-corrected chi connectivity index (χ4v) is 1.90. The Hall–Kier alpha value is -2.17. The number of carboxylic acids is 1. The molecule has 0 bridgehead atoms. The average molecular weight is 262 g/mol. The maximum Gasteiger partial charge on any atom is 0.303 e. The van der Waals surface area contributed by atoms with Crippen LogP contribution in [0.1, 0.15) is 17.8 Å². The lowest BCUT2D eigenvalue weighted by Crippen LogP contribution is -2.02. The van der Waals surface area contributed by atoms with E-state index in [9.17, 15) is 9.18 Å². The first-order chi connectivity index (χ1) is 8.97. The second kappa shape index (κ2) is 5.22. The van der Waals surface area contributed by atoms with E-state index in [-0.39, 0.29) is 12.2 Å². The number of aliphatic carboxylic acids is 1. The van der Waals surface area contributed by atoms with Gasteiger partial charge in [-0.3, -0.25) is 4.79 Å². The van der Waals surface area contributed by atoms with E-state index >= 15 is 0 Å². The van der Waals surface area contributed by atoms with Gasteiger partial charge in [-0.25, -0.2) is 9.37 Å². The lowest BCUT2D eigenvalue weighted by molar-refractivity contribution is -0.137. The van der Waals surface area contributed by atoms with Crippen molar-refractivity contribution in [1.82, 2.24) is 9.55 Å². The highest BCUT2D eigenvalue weighted by Crippen LogP contribution is 2.21. The maximum atomic E-state index is 13.2. The summed E-state index contributed by atoms with van der Waals surface area (Å²) in [7, 11) is 1.82. The SMILES string of the molecule is Cc1cc(-c2cn(C)c(CCC(=O)O)n2)ccc1F. The normalized spacial score (nSPS) is 10.7. The van der Waals surface area contributed by atoms with E-state index < -0.39 is 5.97 Å². The van der Waals surface area contributed by atoms with Crippen molar-refractivity contribution < 1.29 is 14.3 Å². The van der Waals surface area contributed by atoms with Crippen LogP contribution in [0.3, 0.4) is 0 Å². The molecule has 0 aliphatic carbocycles. The number of carbonyl (C=O) groups is 1. The number of aryl methyl sites for hydroxylation is 3. The average Bonchev–Trinajstić information content (AvgIpc) is 2.71. The van der Waals surface area contributed by atoms with Gasteiger partial charge in [-0.15, -0.1) is 0 Å². The molecule has 5 heteroatoms. The molecule has 19 heavy (non-hydrogen) atoms. The number of benzene rings is 1. The van der Waals surface area contributed by atoms with E-state index in [0.29, 0.717) is 17.8 Å². The highest BCUT2D eigenvalue weighted by molar-refractivity contribution is 5.67. The lowest BCUT2D eigenvalue weighted by atomic mass is 10.1. The van der Waals surface area contributed by atoms with Crippen molar-refractivity contribution in [3.8, 4) is 11.3 Å². The molecule has 0 unspecified atom stereocenters. The lowest BCUT2D eigenvalue weighted by Gasteiger charge is -1.99. The quantitative estimate of drug-likeness (QED) is 0.921. The van der Waals surface area contributed by atoms with Gasteiger partial charge in [0.05, 0.1) is 12.1 Å². The number of hydrogen-bond donors (Lipinski definition) is 1. The summed E-state index contributed by atoms with van der Waals surface area (Å²) in [5, 5.41) is 8.68. The van der Waals surface area contributed by atoms with E-state index in [2.05, 4.69) is 4.98 Å². The highest BCUT2D eigenvalue weighted by Gasteiger charge is 2.10. The molecule has 0 spiro atoms.